The van der Waals surface area contributed by atoms with Crippen LogP contribution in [0.25, 0.3) is 0 Å². The molecule has 0 saturated heterocycles. The number of allylic oxidation sites excluding steroid dienone is 2. The second-order valence-electron chi connectivity index (χ2n) is 14.9. The topological polar surface area (TPSA) is 0 Å². The second kappa shape index (κ2) is 21.8. The maximum Gasteiger partial charge on any atom is -0.0290 e. The first-order valence-corrected chi connectivity index (χ1v) is 15.5. The van der Waals surface area contributed by atoms with Crippen molar-refractivity contribution in [2.75, 3.05) is 0 Å². The van der Waals surface area contributed by atoms with Crippen LogP contribution in [0.2, 0.25) is 0 Å². The largest absolute Gasteiger partial charge is 0.0880 e. The lowest BCUT2D eigenvalue weighted by Gasteiger charge is -2.19. The molecule has 0 aromatic carbocycles. The summed E-state index contributed by atoms with van der Waals surface area (Å²) in [6.45, 7) is 38.8. The van der Waals surface area contributed by atoms with Crippen LogP contribution in [-0.2, 0) is 0 Å². The monoisotopic (exact) mass is 495 g/mol. The maximum atomic E-state index is 2.35. The van der Waals surface area contributed by atoms with Crippen molar-refractivity contribution in [3.05, 3.63) is 12.2 Å². The summed E-state index contributed by atoms with van der Waals surface area (Å²) >= 11 is 0. The van der Waals surface area contributed by atoms with Gasteiger partial charge in [0.05, 0.1) is 0 Å². The second-order valence-corrected chi connectivity index (χ2v) is 14.9. The Balaban J connectivity index is -0.000000397. The third-order valence-corrected chi connectivity index (χ3v) is 6.81. The van der Waals surface area contributed by atoms with Gasteiger partial charge >= 0.3 is 0 Å². The van der Waals surface area contributed by atoms with E-state index in [1.807, 2.05) is 0 Å². The molecule has 0 nitrogen and oxygen atoms in total. The van der Waals surface area contributed by atoms with Gasteiger partial charge in [-0.1, -0.05) is 130 Å². The highest BCUT2D eigenvalue weighted by molar-refractivity contribution is 4.93. The van der Waals surface area contributed by atoms with Crippen LogP contribution in [0.15, 0.2) is 12.2 Å². The van der Waals surface area contributed by atoms with Gasteiger partial charge < -0.3 is 0 Å². The lowest BCUT2D eigenvalue weighted by Crippen LogP contribution is -2.10. The van der Waals surface area contributed by atoms with Gasteiger partial charge in [0, 0.05) is 0 Å². The third-order valence-electron chi connectivity index (χ3n) is 6.81. The van der Waals surface area contributed by atoms with E-state index < -0.39 is 0 Å². The first kappa shape index (κ1) is 39.3. The van der Waals surface area contributed by atoms with Crippen LogP contribution in [0.3, 0.4) is 0 Å². The van der Waals surface area contributed by atoms with E-state index in [0.29, 0.717) is 5.92 Å². The van der Waals surface area contributed by atoms with Crippen molar-refractivity contribution in [3.8, 4) is 0 Å². The Morgan fingerprint density at radius 1 is 0.514 bits per heavy atom. The molecule has 0 bridgehead atoms. The summed E-state index contributed by atoms with van der Waals surface area (Å²) < 4.78 is 0. The minimum atomic E-state index is 0.712. The Hall–Kier alpha value is -0.260. The predicted octanol–water partition coefficient (Wildman–Crippen LogP) is 12.7. The number of hydrogen-bond acceptors (Lipinski definition) is 0. The molecule has 0 heterocycles. The molecule has 0 atom stereocenters. The van der Waals surface area contributed by atoms with Gasteiger partial charge in [0.25, 0.3) is 0 Å². The Morgan fingerprint density at radius 2 is 0.886 bits per heavy atom. The van der Waals surface area contributed by atoms with Crippen LogP contribution in [0.4, 0.5) is 0 Å². The van der Waals surface area contributed by atoms with Gasteiger partial charge in [0.1, 0.15) is 0 Å². The Labute approximate surface area is 226 Å². The van der Waals surface area contributed by atoms with Gasteiger partial charge in [-0.2, -0.15) is 0 Å². The molecule has 0 unspecified atom stereocenters. The summed E-state index contributed by atoms with van der Waals surface area (Å²) in [5.41, 5.74) is 0.794. The van der Waals surface area contributed by atoms with Crippen molar-refractivity contribution < 1.29 is 0 Å². The molecule has 0 heteroatoms. The van der Waals surface area contributed by atoms with Crippen molar-refractivity contribution in [2.45, 2.75) is 156 Å². The zero-order valence-corrected chi connectivity index (χ0v) is 28.1. The van der Waals surface area contributed by atoms with Crippen LogP contribution < -0.4 is 0 Å². The average Bonchev–Trinajstić information content (AvgIpc) is 3.37. The van der Waals surface area contributed by atoms with Crippen molar-refractivity contribution in [2.24, 2.45) is 58.7 Å². The number of hydrogen-bond donors (Lipinski definition) is 0. The fourth-order valence-electron chi connectivity index (χ4n) is 4.74. The molecule has 0 aromatic rings. The van der Waals surface area contributed by atoms with E-state index in [2.05, 4.69) is 130 Å². The summed E-state index contributed by atoms with van der Waals surface area (Å²) in [5.74, 6) is 7.62. The molecule has 0 spiro atoms. The van der Waals surface area contributed by atoms with Gasteiger partial charge in [0.2, 0.25) is 0 Å². The van der Waals surface area contributed by atoms with Crippen molar-refractivity contribution in [1.29, 1.82) is 0 Å². The fraction of sp³-hybridized carbons (Fsp3) is 0.943. The SMILES string of the molecule is CC(C)/C=C/CC(C)C.CC(C)C(C)C(C)C.CC(C)CC(C)C.CC(C)CC1(CC(C)C)CC1. The summed E-state index contributed by atoms with van der Waals surface area (Å²) in [7, 11) is 0. The molecule has 1 aliphatic rings. The van der Waals surface area contributed by atoms with E-state index in [1.165, 1.54) is 38.5 Å². The summed E-state index contributed by atoms with van der Waals surface area (Å²) in [6.07, 6.45) is 13.1. The number of rotatable bonds is 11. The molecule has 0 radical (unpaired) electrons. The Kier molecular flexibility index (Phi) is 24.4. The quantitative estimate of drug-likeness (QED) is 0.250. The van der Waals surface area contributed by atoms with Gasteiger partial charge in [-0.05, 0) is 97.2 Å². The normalized spacial score (nSPS) is 14.8. The van der Waals surface area contributed by atoms with Crippen molar-refractivity contribution in [1.82, 2.24) is 0 Å². The Bertz CT molecular complexity index is 428. The fourth-order valence-corrected chi connectivity index (χ4v) is 4.74. The molecule has 1 rings (SSSR count). The standard InChI is InChI=1S/C11H22.C9H18.C8H18.C7H16/c1-9(2)7-11(5-6-11)8-10(3)4;1-8(2)6-5-7-9(3)4;1-6(2)8(5)7(3)4;1-6(2)5-7(3)4/h9-10H,5-8H2,1-4H3;5-6,8-9H,7H2,1-4H3;6-8H,1-5H3;6-7H,5H2,1-4H3/b;6-5+;;. The molecule has 214 valence electrons. The highest BCUT2D eigenvalue weighted by atomic mass is 14.5. The van der Waals surface area contributed by atoms with Crippen LogP contribution in [0.5, 0.6) is 0 Å². The van der Waals surface area contributed by atoms with E-state index in [4.69, 9.17) is 0 Å². The highest BCUT2D eigenvalue weighted by Crippen LogP contribution is 2.54. The van der Waals surface area contributed by atoms with Crippen molar-refractivity contribution in [3.63, 3.8) is 0 Å². The van der Waals surface area contributed by atoms with E-state index >= 15 is 0 Å². The smallest absolute Gasteiger partial charge is 0.0290 e. The molecule has 1 saturated carbocycles. The summed E-state index contributed by atoms with van der Waals surface area (Å²) in [5, 5.41) is 0. The Morgan fingerprint density at radius 3 is 1.03 bits per heavy atom. The highest BCUT2D eigenvalue weighted by Gasteiger charge is 2.42. The lowest BCUT2D eigenvalue weighted by atomic mass is 9.87. The minimum Gasteiger partial charge on any atom is -0.0880 e. The first-order chi connectivity index (χ1) is 15.8. The van der Waals surface area contributed by atoms with Gasteiger partial charge in [0.15, 0.2) is 0 Å². The summed E-state index contributed by atoms with van der Waals surface area (Å²) in [4.78, 5) is 0. The molecule has 0 amide bonds. The lowest BCUT2D eigenvalue weighted by molar-refractivity contribution is 0.316. The van der Waals surface area contributed by atoms with Crippen molar-refractivity contribution >= 4 is 0 Å². The predicted molar refractivity (Wildman–Crippen MR) is 167 cm³/mol. The molecular weight excluding hydrogens is 420 g/mol. The van der Waals surface area contributed by atoms with E-state index in [9.17, 15) is 0 Å². The molecule has 0 aliphatic heterocycles. The van der Waals surface area contributed by atoms with Crippen LogP contribution in [-0.4, -0.2) is 0 Å². The zero-order valence-electron chi connectivity index (χ0n) is 28.1. The minimum absolute atomic E-state index is 0.712. The first-order valence-electron chi connectivity index (χ1n) is 15.5. The maximum absolute atomic E-state index is 2.35. The van der Waals surface area contributed by atoms with Gasteiger partial charge in [-0.3, -0.25) is 0 Å². The van der Waals surface area contributed by atoms with Crippen LogP contribution >= 0.6 is 0 Å². The molecule has 1 aliphatic carbocycles. The molecule has 1 fully saturated rings. The molecule has 35 heavy (non-hydrogen) atoms. The zero-order chi connectivity index (χ0) is 28.4. The van der Waals surface area contributed by atoms with E-state index in [1.54, 1.807) is 0 Å². The van der Waals surface area contributed by atoms with E-state index in [0.717, 1.165) is 52.8 Å². The van der Waals surface area contributed by atoms with Gasteiger partial charge in [-0.15, -0.1) is 0 Å². The third kappa shape index (κ3) is 31.7. The molecule has 0 aromatic heterocycles. The average molecular weight is 495 g/mol. The van der Waals surface area contributed by atoms with Gasteiger partial charge in [-0.25, -0.2) is 0 Å². The molecule has 0 N–H and O–H groups in total. The molecular formula is C35H74. The van der Waals surface area contributed by atoms with Crippen LogP contribution in [0.1, 0.15) is 156 Å². The van der Waals surface area contributed by atoms with E-state index in [-0.39, 0.29) is 0 Å². The van der Waals surface area contributed by atoms with Crippen LogP contribution in [0, 0.1) is 58.7 Å². The summed E-state index contributed by atoms with van der Waals surface area (Å²) in [6, 6.07) is 0.